The lowest BCUT2D eigenvalue weighted by molar-refractivity contribution is -0.116. The highest BCUT2D eigenvalue weighted by Crippen LogP contribution is 2.29. The molecule has 1 aromatic carbocycles. The summed E-state index contributed by atoms with van der Waals surface area (Å²) in [6, 6.07) is 10.6. The molecule has 1 aliphatic rings. The summed E-state index contributed by atoms with van der Waals surface area (Å²) in [4.78, 5) is 15.9. The molecule has 1 amide bonds. The Morgan fingerprint density at radius 2 is 1.96 bits per heavy atom. The normalized spacial score (nSPS) is 14.6. The van der Waals surface area contributed by atoms with Crippen molar-refractivity contribution < 1.29 is 13.2 Å². The second-order valence-corrected chi connectivity index (χ2v) is 8.74. The van der Waals surface area contributed by atoms with Gasteiger partial charge in [0, 0.05) is 36.1 Å². The van der Waals surface area contributed by atoms with Crippen molar-refractivity contribution >= 4 is 33.0 Å². The fraction of sp³-hybridized carbons (Fsp3) is 0.353. The van der Waals surface area contributed by atoms with E-state index in [0.29, 0.717) is 24.7 Å². The van der Waals surface area contributed by atoms with Gasteiger partial charge in [0.05, 0.1) is 4.90 Å². The molecule has 2 aromatic rings. The highest BCUT2D eigenvalue weighted by molar-refractivity contribution is 7.89. The Kier molecular flexibility index (Phi) is 5.53. The first kappa shape index (κ1) is 18.1. The van der Waals surface area contributed by atoms with Crippen molar-refractivity contribution in [3.8, 4) is 0 Å². The van der Waals surface area contributed by atoms with Crippen LogP contribution in [0.5, 0.6) is 0 Å². The third-order valence-corrected chi connectivity index (χ3v) is 5.89. The number of nitrogens with two attached hydrogens (primary N) is 1. The number of carbonyl (C=O) groups excluding carboxylic acids is 1. The van der Waals surface area contributed by atoms with Crippen LogP contribution in [-0.4, -0.2) is 31.8 Å². The van der Waals surface area contributed by atoms with Gasteiger partial charge in [0.15, 0.2) is 0 Å². The van der Waals surface area contributed by atoms with Crippen LogP contribution in [0.1, 0.15) is 24.1 Å². The van der Waals surface area contributed by atoms with Crippen LogP contribution in [0.2, 0.25) is 0 Å². The SMILES string of the molecule is NS(=O)(=O)c1ccc(NC(=O)CCN(Cc2cccs2)C2CC2)cc1. The number of benzene rings is 1. The third kappa shape index (κ3) is 5.37. The topological polar surface area (TPSA) is 92.5 Å². The molecule has 1 aromatic heterocycles. The number of nitrogens with one attached hydrogen (secondary N) is 1. The molecular weight excluding hydrogens is 358 g/mol. The molecule has 0 atom stereocenters. The molecule has 0 aliphatic heterocycles. The van der Waals surface area contributed by atoms with E-state index in [1.54, 1.807) is 23.5 Å². The summed E-state index contributed by atoms with van der Waals surface area (Å²) in [7, 11) is -3.72. The summed E-state index contributed by atoms with van der Waals surface area (Å²) in [5.74, 6) is -0.0832. The van der Waals surface area contributed by atoms with Gasteiger partial charge in [-0.25, -0.2) is 13.6 Å². The molecule has 25 heavy (non-hydrogen) atoms. The molecule has 1 heterocycles. The van der Waals surface area contributed by atoms with Gasteiger partial charge in [-0.1, -0.05) is 6.07 Å². The van der Waals surface area contributed by atoms with E-state index in [4.69, 9.17) is 5.14 Å². The molecule has 3 N–H and O–H groups in total. The van der Waals surface area contributed by atoms with E-state index in [9.17, 15) is 13.2 Å². The smallest absolute Gasteiger partial charge is 0.238 e. The van der Waals surface area contributed by atoms with E-state index in [1.165, 1.54) is 29.9 Å². The fourth-order valence-corrected chi connectivity index (χ4v) is 3.87. The van der Waals surface area contributed by atoms with Crippen LogP contribution in [0, 0.1) is 0 Å². The van der Waals surface area contributed by atoms with Crippen molar-refractivity contribution in [3.63, 3.8) is 0 Å². The van der Waals surface area contributed by atoms with E-state index in [1.807, 2.05) is 6.07 Å². The lowest BCUT2D eigenvalue weighted by Crippen LogP contribution is -2.29. The Balaban J connectivity index is 1.51. The van der Waals surface area contributed by atoms with Crippen LogP contribution in [-0.2, 0) is 21.4 Å². The number of thiophene rings is 1. The third-order valence-electron chi connectivity index (χ3n) is 4.09. The van der Waals surface area contributed by atoms with E-state index >= 15 is 0 Å². The molecule has 0 unspecified atom stereocenters. The molecule has 8 heteroatoms. The molecule has 134 valence electrons. The van der Waals surface area contributed by atoms with Gasteiger partial charge in [-0.3, -0.25) is 9.69 Å². The van der Waals surface area contributed by atoms with E-state index < -0.39 is 10.0 Å². The maximum Gasteiger partial charge on any atom is 0.238 e. The Morgan fingerprint density at radius 1 is 1.24 bits per heavy atom. The van der Waals surface area contributed by atoms with Gasteiger partial charge >= 0.3 is 0 Å². The maximum atomic E-state index is 12.2. The molecule has 0 spiro atoms. The minimum absolute atomic E-state index is 0.0290. The van der Waals surface area contributed by atoms with E-state index in [0.717, 1.165) is 6.54 Å². The molecule has 1 saturated carbocycles. The summed E-state index contributed by atoms with van der Waals surface area (Å²) in [6.07, 6.45) is 2.79. The second-order valence-electron chi connectivity index (χ2n) is 6.15. The van der Waals surface area contributed by atoms with Gasteiger partial charge < -0.3 is 5.32 Å². The lowest BCUT2D eigenvalue weighted by atomic mass is 10.3. The summed E-state index contributed by atoms with van der Waals surface area (Å²) < 4.78 is 22.5. The highest BCUT2D eigenvalue weighted by atomic mass is 32.2. The number of hydrogen-bond acceptors (Lipinski definition) is 5. The first-order valence-electron chi connectivity index (χ1n) is 8.11. The van der Waals surface area contributed by atoms with Crippen LogP contribution >= 0.6 is 11.3 Å². The molecule has 1 fully saturated rings. The molecule has 0 radical (unpaired) electrons. The Bertz CT molecular complexity index is 813. The predicted molar refractivity (Wildman–Crippen MR) is 98.8 cm³/mol. The molecule has 3 rings (SSSR count). The first-order valence-corrected chi connectivity index (χ1v) is 10.5. The van der Waals surface area contributed by atoms with Crippen molar-refractivity contribution in [1.82, 2.24) is 4.90 Å². The van der Waals surface area contributed by atoms with Crippen molar-refractivity contribution in [2.45, 2.75) is 36.7 Å². The summed E-state index contributed by atoms with van der Waals surface area (Å²) in [6.45, 7) is 1.60. The monoisotopic (exact) mass is 379 g/mol. The number of carbonyl (C=O) groups is 1. The second kappa shape index (κ2) is 7.65. The van der Waals surface area contributed by atoms with Gasteiger partial charge in [-0.15, -0.1) is 11.3 Å². The average Bonchev–Trinajstić information content (AvgIpc) is 3.28. The van der Waals surface area contributed by atoms with Crippen molar-refractivity contribution in [2.75, 3.05) is 11.9 Å². The number of anilines is 1. The van der Waals surface area contributed by atoms with Crippen LogP contribution in [0.15, 0.2) is 46.7 Å². The molecule has 0 saturated heterocycles. The zero-order valence-corrected chi connectivity index (χ0v) is 15.4. The summed E-state index contributed by atoms with van der Waals surface area (Å²) >= 11 is 1.74. The van der Waals surface area contributed by atoms with Crippen LogP contribution in [0.25, 0.3) is 0 Å². The largest absolute Gasteiger partial charge is 0.326 e. The van der Waals surface area contributed by atoms with Gasteiger partial charge in [0.25, 0.3) is 0 Å². The Labute approximate surface area is 151 Å². The minimum atomic E-state index is -3.72. The molecule has 0 bridgehead atoms. The average molecular weight is 380 g/mol. The van der Waals surface area contributed by atoms with E-state index in [-0.39, 0.29) is 10.8 Å². The van der Waals surface area contributed by atoms with Gasteiger partial charge in [0.2, 0.25) is 15.9 Å². The Hall–Kier alpha value is -1.74. The number of rotatable bonds is 8. The highest BCUT2D eigenvalue weighted by Gasteiger charge is 2.29. The quantitative estimate of drug-likeness (QED) is 0.736. The minimum Gasteiger partial charge on any atom is -0.326 e. The van der Waals surface area contributed by atoms with E-state index in [2.05, 4.69) is 21.7 Å². The zero-order chi connectivity index (χ0) is 17.9. The zero-order valence-electron chi connectivity index (χ0n) is 13.7. The van der Waals surface area contributed by atoms with Crippen molar-refractivity contribution in [1.29, 1.82) is 0 Å². The number of primary sulfonamides is 1. The molecular formula is C17H21N3O3S2. The van der Waals surface area contributed by atoms with Crippen molar-refractivity contribution in [2.24, 2.45) is 5.14 Å². The number of hydrogen-bond donors (Lipinski definition) is 2. The van der Waals surface area contributed by atoms with Crippen molar-refractivity contribution in [3.05, 3.63) is 46.7 Å². The van der Waals surface area contributed by atoms with Gasteiger partial charge in [-0.2, -0.15) is 0 Å². The summed E-state index contributed by atoms with van der Waals surface area (Å²) in [5, 5.41) is 9.92. The van der Waals surface area contributed by atoms with Crippen LogP contribution in [0.4, 0.5) is 5.69 Å². The number of sulfonamides is 1. The predicted octanol–water partition coefficient (Wildman–Crippen LogP) is 2.39. The number of nitrogens with zero attached hydrogens (tertiary/aromatic N) is 1. The maximum absolute atomic E-state index is 12.2. The van der Waals surface area contributed by atoms with Crippen LogP contribution < -0.4 is 10.5 Å². The standard InChI is InChI=1S/C17H21N3O3S2/c18-25(22,23)16-7-3-13(4-8-16)19-17(21)9-10-20(14-5-6-14)12-15-2-1-11-24-15/h1-4,7-8,11,14H,5-6,9-10,12H2,(H,19,21)(H2,18,22,23). The molecule has 1 aliphatic carbocycles. The lowest BCUT2D eigenvalue weighted by Gasteiger charge is -2.20. The summed E-state index contributed by atoms with van der Waals surface area (Å²) in [5.41, 5.74) is 0.564. The van der Waals surface area contributed by atoms with Gasteiger partial charge in [-0.05, 0) is 48.6 Å². The Morgan fingerprint density at radius 3 is 2.52 bits per heavy atom. The fourth-order valence-electron chi connectivity index (χ4n) is 2.63. The number of amides is 1. The van der Waals surface area contributed by atoms with Gasteiger partial charge in [0.1, 0.15) is 0 Å². The molecule has 6 nitrogen and oxygen atoms in total. The van der Waals surface area contributed by atoms with Crippen LogP contribution in [0.3, 0.4) is 0 Å². The first-order chi connectivity index (χ1) is 11.9.